The van der Waals surface area contributed by atoms with Gasteiger partial charge in [0.25, 0.3) is 0 Å². The monoisotopic (exact) mass is 336 g/mol. The third-order valence-electron chi connectivity index (χ3n) is 4.58. The van der Waals surface area contributed by atoms with E-state index in [-0.39, 0.29) is 11.5 Å². The lowest BCUT2D eigenvalue weighted by Crippen LogP contribution is -2.34. The average Bonchev–Trinajstić information content (AvgIpc) is 3.13. The van der Waals surface area contributed by atoms with Crippen LogP contribution in [-0.2, 0) is 6.54 Å². The maximum Gasteiger partial charge on any atom is 0.248 e. The molecule has 1 saturated heterocycles. The number of likely N-dealkylation sites (tertiary alicyclic amines) is 1. The SMILES string of the molecule is O=c1cc(-c2noc([C@H]3CCCN(Cc4ccccc4)C3)n2)cc[nH]1. The Hall–Kier alpha value is -2.73. The summed E-state index contributed by atoms with van der Waals surface area (Å²) in [5.41, 5.74) is 1.82. The van der Waals surface area contributed by atoms with Crippen molar-refractivity contribution >= 4 is 0 Å². The lowest BCUT2D eigenvalue weighted by molar-refractivity contribution is 0.180. The van der Waals surface area contributed by atoms with Gasteiger partial charge in [0.2, 0.25) is 17.3 Å². The van der Waals surface area contributed by atoms with Crippen LogP contribution in [0.3, 0.4) is 0 Å². The van der Waals surface area contributed by atoms with Crippen LogP contribution in [0, 0.1) is 0 Å². The third-order valence-corrected chi connectivity index (χ3v) is 4.58. The Bertz CT molecular complexity index is 887. The Morgan fingerprint density at radius 3 is 2.96 bits per heavy atom. The van der Waals surface area contributed by atoms with Gasteiger partial charge in [-0.1, -0.05) is 35.5 Å². The Kier molecular flexibility index (Phi) is 4.43. The molecule has 4 rings (SSSR count). The molecular weight excluding hydrogens is 316 g/mol. The van der Waals surface area contributed by atoms with E-state index in [0.29, 0.717) is 17.3 Å². The molecule has 1 aliphatic rings. The van der Waals surface area contributed by atoms with Crippen molar-refractivity contribution in [3.63, 3.8) is 0 Å². The number of hydrogen-bond donors (Lipinski definition) is 1. The van der Waals surface area contributed by atoms with Gasteiger partial charge in [-0.3, -0.25) is 9.69 Å². The quantitative estimate of drug-likeness (QED) is 0.793. The summed E-state index contributed by atoms with van der Waals surface area (Å²) in [6, 6.07) is 13.8. The molecule has 0 amide bonds. The normalized spacial score (nSPS) is 18.3. The van der Waals surface area contributed by atoms with Gasteiger partial charge >= 0.3 is 0 Å². The Morgan fingerprint density at radius 2 is 2.12 bits per heavy atom. The highest BCUT2D eigenvalue weighted by molar-refractivity contribution is 5.52. The summed E-state index contributed by atoms with van der Waals surface area (Å²) in [5, 5.41) is 4.05. The second-order valence-electron chi connectivity index (χ2n) is 6.46. The van der Waals surface area contributed by atoms with Crippen LogP contribution in [-0.4, -0.2) is 33.1 Å². The molecule has 128 valence electrons. The standard InChI is InChI=1S/C19H20N4O2/c24-17-11-15(8-9-20-17)18-21-19(25-22-18)16-7-4-10-23(13-16)12-14-5-2-1-3-6-14/h1-3,5-6,8-9,11,16H,4,7,10,12-13H2,(H,20,24)/t16-/m0/s1. The molecule has 1 N–H and O–H groups in total. The lowest BCUT2D eigenvalue weighted by atomic mass is 9.97. The number of nitrogens with one attached hydrogen (secondary N) is 1. The van der Waals surface area contributed by atoms with Gasteiger partial charge in [-0.15, -0.1) is 0 Å². The molecule has 0 aliphatic carbocycles. The smallest absolute Gasteiger partial charge is 0.248 e. The zero-order chi connectivity index (χ0) is 17.1. The van der Waals surface area contributed by atoms with Gasteiger partial charge in [-0.05, 0) is 31.0 Å². The molecule has 0 spiro atoms. The number of pyridine rings is 1. The van der Waals surface area contributed by atoms with Crippen molar-refractivity contribution in [1.82, 2.24) is 20.0 Å². The number of piperidine rings is 1. The average molecular weight is 336 g/mol. The van der Waals surface area contributed by atoms with E-state index in [2.05, 4.69) is 44.3 Å². The molecule has 0 saturated carbocycles. The number of benzene rings is 1. The molecule has 6 nitrogen and oxygen atoms in total. The van der Waals surface area contributed by atoms with E-state index in [1.165, 1.54) is 11.6 Å². The van der Waals surface area contributed by atoms with Crippen LogP contribution < -0.4 is 5.56 Å². The van der Waals surface area contributed by atoms with Crippen LogP contribution >= 0.6 is 0 Å². The summed E-state index contributed by atoms with van der Waals surface area (Å²) in [6.45, 7) is 2.93. The van der Waals surface area contributed by atoms with E-state index < -0.39 is 0 Å². The van der Waals surface area contributed by atoms with Gasteiger partial charge in [-0.25, -0.2) is 0 Å². The van der Waals surface area contributed by atoms with Gasteiger partial charge in [0, 0.05) is 30.9 Å². The second-order valence-corrected chi connectivity index (χ2v) is 6.46. The van der Waals surface area contributed by atoms with Crippen molar-refractivity contribution < 1.29 is 4.52 Å². The van der Waals surface area contributed by atoms with E-state index in [1.54, 1.807) is 12.3 Å². The fourth-order valence-electron chi connectivity index (χ4n) is 3.34. The summed E-state index contributed by atoms with van der Waals surface area (Å²) in [5.74, 6) is 1.37. The van der Waals surface area contributed by atoms with Crippen LogP contribution in [0.1, 0.15) is 30.2 Å². The zero-order valence-corrected chi connectivity index (χ0v) is 13.9. The van der Waals surface area contributed by atoms with E-state index in [4.69, 9.17) is 4.52 Å². The van der Waals surface area contributed by atoms with Crippen molar-refractivity contribution in [2.45, 2.75) is 25.3 Å². The maximum atomic E-state index is 11.4. The first-order valence-corrected chi connectivity index (χ1v) is 8.57. The number of rotatable bonds is 4. The summed E-state index contributed by atoms with van der Waals surface area (Å²) in [7, 11) is 0. The van der Waals surface area contributed by atoms with E-state index in [1.807, 2.05) is 6.07 Å². The van der Waals surface area contributed by atoms with E-state index in [9.17, 15) is 4.79 Å². The van der Waals surface area contributed by atoms with Crippen molar-refractivity contribution in [1.29, 1.82) is 0 Å². The van der Waals surface area contributed by atoms with Crippen LogP contribution in [0.2, 0.25) is 0 Å². The van der Waals surface area contributed by atoms with Crippen molar-refractivity contribution in [3.8, 4) is 11.4 Å². The summed E-state index contributed by atoms with van der Waals surface area (Å²) in [4.78, 5) is 21.0. The van der Waals surface area contributed by atoms with Crippen molar-refractivity contribution in [3.05, 3.63) is 70.5 Å². The summed E-state index contributed by atoms with van der Waals surface area (Å²) in [6.07, 6.45) is 3.75. The highest BCUT2D eigenvalue weighted by atomic mass is 16.5. The van der Waals surface area contributed by atoms with E-state index in [0.717, 1.165) is 32.5 Å². The number of nitrogens with zero attached hydrogens (tertiary/aromatic N) is 3. The predicted molar refractivity (Wildman–Crippen MR) is 94.0 cm³/mol. The Balaban J connectivity index is 1.47. The van der Waals surface area contributed by atoms with Gasteiger partial charge in [0.1, 0.15) is 0 Å². The van der Waals surface area contributed by atoms with Crippen molar-refractivity contribution in [2.75, 3.05) is 13.1 Å². The van der Waals surface area contributed by atoms with Crippen LogP contribution in [0.5, 0.6) is 0 Å². The first-order chi connectivity index (χ1) is 12.3. The Labute approximate surface area is 145 Å². The lowest BCUT2D eigenvalue weighted by Gasteiger charge is -2.30. The second kappa shape index (κ2) is 7.03. The molecule has 25 heavy (non-hydrogen) atoms. The molecule has 1 fully saturated rings. The highest BCUT2D eigenvalue weighted by Gasteiger charge is 2.26. The fourth-order valence-corrected chi connectivity index (χ4v) is 3.34. The number of aromatic nitrogens is 3. The Morgan fingerprint density at radius 1 is 1.24 bits per heavy atom. The van der Waals surface area contributed by atoms with Crippen molar-refractivity contribution in [2.24, 2.45) is 0 Å². The molecule has 0 bridgehead atoms. The zero-order valence-electron chi connectivity index (χ0n) is 13.9. The minimum atomic E-state index is -0.171. The van der Waals surface area contributed by atoms with Crippen LogP contribution in [0.15, 0.2) is 58.0 Å². The molecule has 1 atom stereocenters. The minimum Gasteiger partial charge on any atom is -0.339 e. The molecule has 0 unspecified atom stereocenters. The van der Waals surface area contributed by atoms with Crippen LogP contribution in [0.25, 0.3) is 11.4 Å². The van der Waals surface area contributed by atoms with Crippen LogP contribution in [0.4, 0.5) is 0 Å². The fraction of sp³-hybridized carbons (Fsp3) is 0.316. The first-order valence-electron chi connectivity index (χ1n) is 8.57. The van der Waals surface area contributed by atoms with Gasteiger partial charge in [-0.2, -0.15) is 4.98 Å². The maximum absolute atomic E-state index is 11.4. The molecule has 1 aromatic carbocycles. The molecule has 0 radical (unpaired) electrons. The van der Waals surface area contributed by atoms with Gasteiger partial charge < -0.3 is 9.51 Å². The van der Waals surface area contributed by atoms with Gasteiger partial charge in [0.15, 0.2) is 0 Å². The van der Waals surface area contributed by atoms with E-state index >= 15 is 0 Å². The molecule has 3 heterocycles. The molecule has 2 aromatic heterocycles. The number of H-pyrrole nitrogens is 1. The summed E-state index contributed by atoms with van der Waals surface area (Å²) < 4.78 is 5.50. The third kappa shape index (κ3) is 3.69. The molecular formula is C19H20N4O2. The molecule has 6 heteroatoms. The number of aromatic amines is 1. The first kappa shape index (κ1) is 15.8. The van der Waals surface area contributed by atoms with Gasteiger partial charge in [0.05, 0.1) is 5.92 Å². The largest absolute Gasteiger partial charge is 0.339 e. The topological polar surface area (TPSA) is 75.0 Å². The number of hydrogen-bond acceptors (Lipinski definition) is 5. The molecule has 1 aliphatic heterocycles. The highest BCUT2D eigenvalue weighted by Crippen LogP contribution is 2.28. The summed E-state index contributed by atoms with van der Waals surface area (Å²) >= 11 is 0. The molecule has 3 aromatic rings. The minimum absolute atomic E-state index is 0.171. The predicted octanol–water partition coefficient (Wildman–Crippen LogP) is 2.80.